The van der Waals surface area contributed by atoms with E-state index in [2.05, 4.69) is 9.97 Å². The van der Waals surface area contributed by atoms with Crippen molar-refractivity contribution in [1.29, 1.82) is 0 Å². The van der Waals surface area contributed by atoms with Crippen LogP contribution in [0.15, 0.2) is 10.2 Å². The summed E-state index contributed by atoms with van der Waals surface area (Å²) in [5.41, 5.74) is 0.619. The Morgan fingerprint density at radius 1 is 1.50 bits per heavy atom. The SMILES string of the molecule is CC(C)(C)c1csc2nc(COCC(=O)O)[nH]c(=O)c12. The summed E-state index contributed by atoms with van der Waals surface area (Å²) < 4.78 is 4.93. The molecule has 0 aromatic carbocycles. The van der Waals surface area contributed by atoms with E-state index < -0.39 is 12.6 Å². The molecule has 2 rings (SSSR count). The zero-order valence-corrected chi connectivity index (χ0v) is 12.3. The van der Waals surface area contributed by atoms with Crippen LogP contribution in [-0.4, -0.2) is 27.7 Å². The molecule has 0 atom stereocenters. The maximum absolute atomic E-state index is 12.2. The van der Waals surface area contributed by atoms with Gasteiger partial charge in [-0.05, 0) is 16.4 Å². The van der Waals surface area contributed by atoms with Crippen LogP contribution >= 0.6 is 11.3 Å². The van der Waals surface area contributed by atoms with E-state index in [0.717, 1.165) is 5.56 Å². The first-order chi connectivity index (χ1) is 9.29. The number of rotatable bonds is 4. The van der Waals surface area contributed by atoms with Crippen molar-refractivity contribution in [1.82, 2.24) is 9.97 Å². The van der Waals surface area contributed by atoms with Crippen molar-refractivity contribution in [3.8, 4) is 0 Å². The quantitative estimate of drug-likeness (QED) is 0.898. The fraction of sp³-hybridized carbons (Fsp3) is 0.462. The van der Waals surface area contributed by atoms with Crippen LogP contribution in [0.5, 0.6) is 0 Å². The number of carboxylic acids is 1. The minimum absolute atomic E-state index is 0.0275. The van der Waals surface area contributed by atoms with Gasteiger partial charge in [0.1, 0.15) is 23.9 Å². The number of thiophene rings is 1. The van der Waals surface area contributed by atoms with E-state index in [-0.39, 0.29) is 17.6 Å². The third-order valence-electron chi connectivity index (χ3n) is 2.77. The number of aromatic nitrogens is 2. The van der Waals surface area contributed by atoms with Gasteiger partial charge < -0.3 is 14.8 Å². The summed E-state index contributed by atoms with van der Waals surface area (Å²) in [6.45, 7) is 5.67. The number of hydrogen-bond donors (Lipinski definition) is 2. The van der Waals surface area contributed by atoms with Crippen molar-refractivity contribution in [3.05, 3.63) is 27.1 Å². The maximum atomic E-state index is 12.2. The molecule has 0 amide bonds. The molecule has 0 spiro atoms. The second-order valence-electron chi connectivity index (χ2n) is 5.48. The lowest BCUT2D eigenvalue weighted by Crippen LogP contribution is -2.18. The molecule has 2 aromatic heterocycles. The first-order valence-corrected chi connectivity index (χ1v) is 6.97. The average molecular weight is 296 g/mol. The smallest absolute Gasteiger partial charge is 0.329 e. The molecule has 0 radical (unpaired) electrons. The van der Waals surface area contributed by atoms with Crippen LogP contribution in [0.25, 0.3) is 10.2 Å². The summed E-state index contributed by atoms with van der Waals surface area (Å²) in [6.07, 6.45) is 0. The Bertz CT molecular complexity index is 696. The summed E-state index contributed by atoms with van der Waals surface area (Å²) in [6, 6.07) is 0. The number of aliphatic carboxylic acids is 1. The van der Waals surface area contributed by atoms with Gasteiger partial charge >= 0.3 is 5.97 Å². The van der Waals surface area contributed by atoms with Gasteiger partial charge in [0.2, 0.25) is 0 Å². The molecule has 2 N–H and O–H groups in total. The molecule has 20 heavy (non-hydrogen) atoms. The zero-order chi connectivity index (χ0) is 14.9. The van der Waals surface area contributed by atoms with Gasteiger partial charge in [0.05, 0.1) is 5.39 Å². The number of aromatic amines is 1. The van der Waals surface area contributed by atoms with Gasteiger partial charge in [0.15, 0.2) is 0 Å². The predicted octanol–water partition coefficient (Wildman–Crippen LogP) is 1.88. The van der Waals surface area contributed by atoms with E-state index in [1.54, 1.807) is 0 Å². The van der Waals surface area contributed by atoms with Crippen LogP contribution in [0.4, 0.5) is 0 Å². The summed E-state index contributed by atoms with van der Waals surface area (Å²) in [5.74, 6) is -0.717. The lowest BCUT2D eigenvalue weighted by Gasteiger charge is -2.16. The van der Waals surface area contributed by atoms with Crippen LogP contribution in [-0.2, 0) is 21.6 Å². The second-order valence-corrected chi connectivity index (χ2v) is 6.34. The molecule has 0 unspecified atom stereocenters. The van der Waals surface area contributed by atoms with E-state index in [1.807, 2.05) is 26.2 Å². The molecule has 108 valence electrons. The topological polar surface area (TPSA) is 92.3 Å². The fourth-order valence-electron chi connectivity index (χ4n) is 1.85. The Balaban J connectivity index is 2.35. The summed E-state index contributed by atoms with van der Waals surface area (Å²) in [4.78, 5) is 30.1. The molecule has 0 fully saturated rings. The van der Waals surface area contributed by atoms with Crippen LogP contribution in [0, 0.1) is 0 Å². The van der Waals surface area contributed by atoms with Gasteiger partial charge in [-0.15, -0.1) is 11.3 Å². The molecule has 0 saturated heterocycles. The van der Waals surface area contributed by atoms with Crippen LogP contribution in [0.1, 0.15) is 32.2 Å². The zero-order valence-electron chi connectivity index (χ0n) is 11.5. The highest BCUT2D eigenvalue weighted by Gasteiger charge is 2.21. The number of nitrogens with one attached hydrogen (secondary N) is 1. The fourth-order valence-corrected chi connectivity index (χ4v) is 3.03. The van der Waals surface area contributed by atoms with Gasteiger partial charge in [0.25, 0.3) is 5.56 Å². The minimum Gasteiger partial charge on any atom is -0.480 e. The lowest BCUT2D eigenvalue weighted by molar-refractivity contribution is -0.142. The van der Waals surface area contributed by atoms with Crippen LogP contribution in [0.3, 0.4) is 0 Å². The standard InChI is InChI=1S/C13H16N2O4S/c1-13(2,3)7-6-20-12-10(7)11(18)14-8(15-12)4-19-5-9(16)17/h6H,4-5H2,1-3H3,(H,16,17)(H,14,15,18). The Morgan fingerprint density at radius 3 is 2.80 bits per heavy atom. The van der Waals surface area contributed by atoms with E-state index in [1.165, 1.54) is 11.3 Å². The third kappa shape index (κ3) is 3.05. The molecule has 0 saturated carbocycles. The predicted molar refractivity (Wildman–Crippen MR) is 76.2 cm³/mol. The number of carboxylic acid groups (broad SMARTS) is 1. The van der Waals surface area contributed by atoms with Crippen molar-refractivity contribution in [2.75, 3.05) is 6.61 Å². The highest BCUT2D eigenvalue weighted by molar-refractivity contribution is 7.16. The second kappa shape index (κ2) is 5.34. The maximum Gasteiger partial charge on any atom is 0.329 e. The Labute approximate surface area is 119 Å². The average Bonchev–Trinajstić information content (AvgIpc) is 2.72. The number of nitrogens with zero attached hydrogens (tertiary/aromatic N) is 1. The number of H-pyrrole nitrogens is 1. The van der Waals surface area contributed by atoms with Gasteiger partial charge in [-0.2, -0.15) is 0 Å². The molecular formula is C13H16N2O4S. The monoisotopic (exact) mass is 296 g/mol. The summed E-state index contributed by atoms with van der Waals surface area (Å²) in [7, 11) is 0. The summed E-state index contributed by atoms with van der Waals surface area (Å²) in [5, 5.41) is 11.0. The van der Waals surface area contributed by atoms with E-state index in [0.29, 0.717) is 16.0 Å². The van der Waals surface area contributed by atoms with Gasteiger partial charge in [-0.1, -0.05) is 20.8 Å². The molecule has 0 aliphatic carbocycles. The Morgan fingerprint density at radius 2 is 2.20 bits per heavy atom. The molecule has 0 aliphatic heterocycles. The van der Waals surface area contributed by atoms with Crippen molar-refractivity contribution >= 4 is 27.5 Å². The van der Waals surface area contributed by atoms with E-state index in [9.17, 15) is 9.59 Å². The Kier molecular flexibility index (Phi) is 3.92. The first kappa shape index (κ1) is 14.7. The summed E-state index contributed by atoms with van der Waals surface area (Å²) >= 11 is 1.41. The van der Waals surface area contributed by atoms with Crippen LogP contribution < -0.4 is 5.56 Å². The molecule has 6 nitrogen and oxygen atoms in total. The van der Waals surface area contributed by atoms with Gasteiger partial charge in [-0.3, -0.25) is 4.79 Å². The largest absolute Gasteiger partial charge is 0.480 e. The molecule has 7 heteroatoms. The molecule has 0 bridgehead atoms. The molecular weight excluding hydrogens is 280 g/mol. The van der Waals surface area contributed by atoms with Crippen LogP contribution in [0.2, 0.25) is 0 Å². The minimum atomic E-state index is -1.06. The highest BCUT2D eigenvalue weighted by atomic mass is 32.1. The first-order valence-electron chi connectivity index (χ1n) is 6.09. The van der Waals surface area contributed by atoms with Gasteiger partial charge in [-0.25, -0.2) is 9.78 Å². The molecule has 0 aliphatic rings. The lowest BCUT2D eigenvalue weighted by atomic mass is 9.87. The molecule has 2 heterocycles. The normalized spacial score (nSPS) is 11.9. The molecule has 2 aromatic rings. The number of fused-ring (bicyclic) bond motifs is 1. The van der Waals surface area contributed by atoms with Gasteiger partial charge in [0, 0.05) is 0 Å². The Hall–Kier alpha value is -1.73. The van der Waals surface area contributed by atoms with Crippen molar-refractivity contribution in [2.24, 2.45) is 0 Å². The van der Waals surface area contributed by atoms with E-state index in [4.69, 9.17) is 9.84 Å². The van der Waals surface area contributed by atoms with E-state index >= 15 is 0 Å². The highest BCUT2D eigenvalue weighted by Crippen LogP contribution is 2.31. The number of carbonyl (C=O) groups is 1. The van der Waals surface area contributed by atoms with Crippen molar-refractivity contribution in [2.45, 2.75) is 32.8 Å². The third-order valence-corrected chi connectivity index (χ3v) is 3.64. The van der Waals surface area contributed by atoms with Crippen molar-refractivity contribution in [3.63, 3.8) is 0 Å². The van der Waals surface area contributed by atoms with Crippen molar-refractivity contribution < 1.29 is 14.6 Å². The number of hydrogen-bond acceptors (Lipinski definition) is 5. The number of ether oxygens (including phenoxy) is 1.